The molecular formula is C21H23NO4. The van der Waals surface area contributed by atoms with Gasteiger partial charge in [0.2, 0.25) is 0 Å². The Bertz CT molecular complexity index is 840. The number of amides is 1. The lowest BCUT2D eigenvalue weighted by Crippen LogP contribution is -2.39. The minimum Gasteiger partial charge on any atom is -0.481 e. The topological polar surface area (TPSA) is 66.8 Å². The van der Waals surface area contributed by atoms with Crippen molar-refractivity contribution >= 4 is 22.6 Å². The molecule has 26 heavy (non-hydrogen) atoms. The van der Waals surface area contributed by atoms with E-state index in [1.807, 2.05) is 42.5 Å². The molecule has 1 N–H and O–H groups in total. The summed E-state index contributed by atoms with van der Waals surface area (Å²) >= 11 is 0. The van der Waals surface area contributed by atoms with Crippen LogP contribution in [0.1, 0.15) is 19.8 Å². The second kappa shape index (κ2) is 6.63. The number of benzene rings is 2. The summed E-state index contributed by atoms with van der Waals surface area (Å²) in [5, 5.41) is 11.5. The van der Waals surface area contributed by atoms with Crippen LogP contribution in [0.5, 0.6) is 5.75 Å². The van der Waals surface area contributed by atoms with E-state index in [-0.39, 0.29) is 11.8 Å². The summed E-state index contributed by atoms with van der Waals surface area (Å²) in [5.74, 6) is -0.149. The fourth-order valence-electron chi connectivity index (χ4n) is 4.07. The SMILES string of the molecule is CC(Oc1cccc2ccccc12)C(=O)N1C[C@H](C(=O)O)[C@@H](C2CC2)C1. The maximum atomic E-state index is 12.9. The van der Waals surface area contributed by atoms with Gasteiger partial charge in [0.05, 0.1) is 5.92 Å². The van der Waals surface area contributed by atoms with E-state index in [1.54, 1.807) is 11.8 Å². The number of carboxylic acids is 1. The van der Waals surface area contributed by atoms with Crippen molar-refractivity contribution in [2.45, 2.75) is 25.9 Å². The first-order valence-corrected chi connectivity index (χ1v) is 9.20. The molecule has 3 atom stereocenters. The molecular weight excluding hydrogens is 330 g/mol. The molecule has 1 unspecified atom stereocenters. The molecule has 2 aromatic carbocycles. The van der Waals surface area contributed by atoms with Crippen molar-refractivity contribution in [2.24, 2.45) is 17.8 Å². The Hall–Kier alpha value is -2.56. The summed E-state index contributed by atoms with van der Waals surface area (Å²) in [7, 11) is 0. The van der Waals surface area contributed by atoms with Crippen LogP contribution in [0.3, 0.4) is 0 Å². The van der Waals surface area contributed by atoms with E-state index in [2.05, 4.69) is 0 Å². The molecule has 2 aliphatic rings. The van der Waals surface area contributed by atoms with Gasteiger partial charge in [0.25, 0.3) is 5.91 Å². The van der Waals surface area contributed by atoms with Crippen LogP contribution in [0.2, 0.25) is 0 Å². The molecule has 2 fully saturated rings. The Kier molecular flexibility index (Phi) is 4.31. The van der Waals surface area contributed by atoms with Crippen molar-refractivity contribution in [3.63, 3.8) is 0 Å². The normalized spacial score (nSPS) is 23.8. The number of aliphatic carboxylic acids is 1. The Balaban J connectivity index is 1.48. The predicted molar refractivity (Wildman–Crippen MR) is 98.0 cm³/mol. The van der Waals surface area contributed by atoms with Crippen LogP contribution < -0.4 is 4.74 Å². The van der Waals surface area contributed by atoms with E-state index in [4.69, 9.17) is 4.74 Å². The average Bonchev–Trinajstić information content (AvgIpc) is 3.39. The van der Waals surface area contributed by atoms with Crippen LogP contribution in [-0.2, 0) is 9.59 Å². The van der Waals surface area contributed by atoms with Gasteiger partial charge in [-0.15, -0.1) is 0 Å². The lowest BCUT2D eigenvalue weighted by atomic mass is 9.92. The molecule has 0 aromatic heterocycles. The maximum absolute atomic E-state index is 12.9. The van der Waals surface area contributed by atoms with Crippen LogP contribution in [0, 0.1) is 17.8 Å². The van der Waals surface area contributed by atoms with E-state index >= 15 is 0 Å². The zero-order chi connectivity index (χ0) is 18.3. The Morgan fingerprint density at radius 3 is 2.58 bits per heavy atom. The summed E-state index contributed by atoms with van der Waals surface area (Å²) in [6.07, 6.45) is 1.52. The van der Waals surface area contributed by atoms with Gasteiger partial charge in [-0.25, -0.2) is 0 Å². The highest BCUT2D eigenvalue weighted by molar-refractivity contribution is 5.89. The minimum absolute atomic E-state index is 0.0844. The monoisotopic (exact) mass is 353 g/mol. The summed E-state index contributed by atoms with van der Waals surface area (Å²) in [4.78, 5) is 26.1. The van der Waals surface area contributed by atoms with Crippen LogP contribution >= 0.6 is 0 Å². The first-order chi connectivity index (χ1) is 12.5. The molecule has 1 aliphatic heterocycles. The van der Waals surface area contributed by atoms with Crippen molar-refractivity contribution in [3.8, 4) is 5.75 Å². The smallest absolute Gasteiger partial charge is 0.308 e. The maximum Gasteiger partial charge on any atom is 0.308 e. The van der Waals surface area contributed by atoms with Crippen LogP contribution in [-0.4, -0.2) is 41.1 Å². The molecule has 4 rings (SSSR count). The summed E-state index contributed by atoms with van der Waals surface area (Å²) < 4.78 is 5.97. The first kappa shape index (κ1) is 16.9. The zero-order valence-electron chi connectivity index (χ0n) is 14.8. The van der Waals surface area contributed by atoms with Gasteiger partial charge in [0.1, 0.15) is 5.75 Å². The number of ether oxygens (including phenoxy) is 1. The molecule has 0 radical (unpaired) electrons. The summed E-state index contributed by atoms with van der Waals surface area (Å²) in [6.45, 7) is 2.56. The van der Waals surface area contributed by atoms with Crippen LogP contribution in [0.4, 0.5) is 0 Å². The van der Waals surface area contributed by atoms with Crippen molar-refractivity contribution in [3.05, 3.63) is 42.5 Å². The van der Waals surface area contributed by atoms with Crippen LogP contribution in [0.25, 0.3) is 10.8 Å². The Morgan fingerprint density at radius 1 is 1.12 bits per heavy atom. The van der Waals surface area contributed by atoms with Gasteiger partial charge in [0.15, 0.2) is 6.10 Å². The highest BCUT2D eigenvalue weighted by Gasteiger charge is 2.47. The fourth-order valence-corrected chi connectivity index (χ4v) is 4.07. The lowest BCUT2D eigenvalue weighted by Gasteiger charge is -2.22. The van der Waals surface area contributed by atoms with E-state index < -0.39 is 18.0 Å². The molecule has 2 aromatic rings. The third-order valence-electron chi connectivity index (χ3n) is 5.62. The molecule has 5 heteroatoms. The quantitative estimate of drug-likeness (QED) is 0.896. The fraction of sp³-hybridized carbons (Fsp3) is 0.429. The van der Waals surface area contributed by atoms with E-state index in [0.717, 1.165) is 23.6 Å². The van der Waals surface area contributed by atoms with Gasteiger partial charge in [-0.2, -0.15) is 0 Å². The van der Waals surface area contributed by atoms with Crippen molar-refractivity contribution in [1.82, 2.24) is 4.90 Å². The molecule has 0 bridgehead atoms. The van der Waals surface area contributed by atoms with Gasteiger partial charge in [-0.3, -0.25) is 9.59 Å². The van der Waals surface area contributed by atoms with E-state index in [0.29, 0.717) is 24.8 Å². The molecule has 1 aliphatic carbocycles. The van der Waals surface area contributed by atoms with Crippen molar-refractivity contribution in [2.75, 3.05) is 13.1 Å². The molecule has 5 nitrogen and oxygen atoms in total. The molecule has 1 saturated carbocycles. The number of nitrogens with zero attached hydrogens (tertiary/aromatic N) is 1. The number of hydrogen-bond acceptors (Lipinski definition) is 3. The molecule has 0 spiro atoms. The molecule has 1 saturated heterocycles. The largest absolute Gasteiger partial charge is 0.481 e. The number of carboxylic acid groups (broad SMARTS) is 1. The zero-order valence-corrected chi connectivity index (χ0v) is 14.8. The Morgan fingerprint density at radius 2 is 1.85 bits per heavy atom. The first-order valence-electron chi connectivity index (χ1n) is 9.20. The Labute approximate surface area is 152 Å². The standard InChI is InChI=1S/C21H23NO4/c1-13(26-19-8-4-6-14-5-2-3-7-16(14)19)20(23)22-11-17(15-9-10-15)18(12-22)21(24)25/h2-8,13,15,17-18H,9-12H2,1H3,(H,24,25)/t13?,17-,18+/m1/s1. The summed E-state index contributed by atoms with van der Waals surface area (Å²) in [6, 6.07) is 13.7. The second-order valence-corrected chi connectivity index (χ2v) is 7.43. The van der Waals surface area contributed by atoms with E-state index in [1.165, 1.54) is 0 Å². The highest BCUT2D eigenvalue weighted by atomic mass is 16.5. The van der Waals surface area contributed by atoms with Crippen LogP contribution in [0.15, 0.2) is 42.5 Å². The van der Waals surface area contributed by atoms with Gasteiger partial charge in [-0.05, 0) is 43.1 Å². The third-order valence-corrected chi connectivity index (χ3v) is 5.62. The number of rotatable bonds is 5. The number of likely N-dealkylation sites (tertiary alicyclic amines) is 1. The van der Waals surface area contributed by atoms with Gasteiger partial charge < -0.3 is 14.7 Å². The predicted octanol–water partition coefficient (Wildman–Crippen LogP) is 3.18. The lowest BCUT2D eigenvalue weighted by molar-refractivity contribution is -0.143. The van der Waals surface area contributed by atoms with Gasteiger partial charge in [0, 0.05) is 18.5 Å². The average molecular weight is 353 g/mol. The molecule has 136 valence electrons. The highest BCUT2D eigenvalue weighted by Crippen LogP contribution is 2.44. The third kappa shape index (κ3) is 3.14. The second-order valence-electron chi connectivity index (χ2n) is 7.43. The summed E-state index contributed by atoms with van der Waals surface area (Å²) in [5.41, 5.74) is 0. The molecule has 1 heterocycles. The number of carbonyl (C=O) groups is 2. The van der Waals surface area contributed by atoms with Gasteiger partial charge >= 0.3 is 5.97 Å². The van der Waals surface area contributed by atoms with Crippen molar-refractivity contribution < 1.29 is 19.4 Å². The number of carbonyl (C=O) groups excluding carboxylic acids is 1. The molecule has 1 amide bonds. The number of fused-ring (bicyclic) bond motifs is 1. The van der Waals surface area contributed by atoms with Gasteiger partial charge in [-0.1, -0.05) is 36.4 Å². The number of hydrogen-bond donors (Lipinski definition) is 1. The van der Waals surface area contributed by atoms with Crippen molar-refractivity contribution in [1.29, 1.82) is 0 Å². The van der Waals surface area contributed by atoms with E-state index in [9.17, 15) is 14.7 Å². The minimum atomic E-state index is -0.792.